The quantitative estimate of drug-likeness (QED) is 0.792. The van der Waals surface area contributed by atoms with Crippen LogP contribution >= 0.6 is 0 Å². The van der Waals surface area contributed by atoms with Gasteiger partial charge in [0.15, 0.2) is 5.82 Å². The minimum atomic E-state index is 0.327. The first-order valence-electron chi connectivity index (χ1n) is 6.83. The maximum atomic E-state index is 5.62. The Morgan fingerprint density at radius 2 is 1.95 bits per heavy atom. The van der Waals surface area contributed by atoms with Gasteiger partial charge >= 0.3 is 0 Å². The van der Waals surface area contributed by atoms with Gasteiger partial charge in [0.25, 0.3) is 0 Å². The van der Waals surface area contributed by atoms with E-state index < -0.39 is 0 Å². The molecule has 3 aromatic rings. The van der Waals surface area contributed by atoms with Crippen molar-refractivity contribution in [3.05, 3.63) is 48.2 Å². The molecule has 0 radical (unpaired) electrons. The molecule has 2 aromatic heterocycles. The lowest BCUT2D eigenvalue weighted by Crippen LogP contribution is -2.04. The van der Waals surface area contributed by atoms with Crippen molar-refractivity contribution in [2.75, 3.05) is 0 Å². The largest absolute Gasteiger partial charge is 0.326 e. The summed E-state index contributed by atoms with van der Waals surface area (Å²) in [4.78, 5) is 9.22. The third-order valence-corrected chi connectivity index (χ3v) is 3.40. The molecule has 0 bridgehead atoms. The van der Waals surface area contributed by atoms with Gasteiger partial charge in [0.2, 0.25) is 0 Å². The van der Waals surface area contributed by atoms with Gasteiger partial charge in [-0.15, -0.1) is 0 Å². The second-order valence-electron chi connectivity index (χ2n) is 5.14. The lowest BCUT2D eigenvalue weighted by Gasteiger charge is -2.12. The molecule has 3 rings (SSSR count). The molecule has 0 atom stereocenters. The summed E-state index contributed by atoms with van der Waals surface area (Å²) in [5, 5.41) is 0. The number of rotatable bonds is 3. The third kappa shape index (κ3) is 2.08. The van der Waals surface area contributed by atoms with Crippen LogP contribution in [0.2, 0.25) is 0 Å². The number of fused-ring (bicyclic) bond motifs is 1. The molecule has 0 saturated heterocycles. The standard InChI is InChI=1S/C16H18N4/c1-11(2)20-15-6-4-3-5-13(15)19-16(20)14-8-7-12(9-17)10-18-14/h3-8,10-11H,9,17H2,1-2H3. The first-order chi connectivity index (χ1) is 9.70. The molecule has 0 aliphatic rings. The van der Waals surface area contributed by atoms with Crippen LogP contribution in [0.1, 0.15) is 25.5 Å². The van der Waals surface area contributed by atoms with Gasteiger partial charge in [-0.05, 0) is 37.6 Å². The molecular weight excluding hydrogens is 248 g/mol. The minimum Gasteiger partial charge on any atom is -0.326 e. The van der Waals surface area contributed by atoms with Gasteiger partial charge in [-0.2, -0.15) is 0 Å². The molecule has 4 heteroatoms. The van der Waals surface area contributed by atoms with Gasteiger partial charge in [0, 0.05) is 18.8 Å². The summed E-state index contributed by atoms with van der Waals surface area (Å²) in [6.07, 6.45) is 1.82. The van der Waals surface area contributed by atoms with Crippen LogP contribution in [-0.2, 0) is 6.54 Å². The molecule has 0 aliphatic carbocycles. The number of hydrogen-bond donors (Lipinski definition) is 1. The Kier molecular flexibility index (Phi) is 3.24. The topological polar surface area (TPSA) is 56.7 Å². The molecule has 1 aromatic carbocycles. The lowest BCUT2D eigenvalue weighted by atomic mass is 10.2. The number of benzene rings is 1. The predicted molar refractivity (Wildman–Crippen MR) is 81.2 cm³/mol. The van der Waals surface area contributed by atoms with Crippen molar-refractivity contribution >= 4 is 11.0 Å². The summed E-state index contributed by atoms with van der Waals surface area (Å²) >= 11 is 0. The highest BCUT2D eigenvalue weighted by molar-refractivity contribution is 5.80. The van der Waals surface area contributed by atoms with Crippen molar-refractivity contribution in [2.45, 2.75) is 26.4 Å². The van der Waals surface area contributed by atoms with E-state index in [0.29, 0.717) is 12.6 Å². The smallest absolute Gasteiger partial charge is 0.160 e. The molecule has 2 heterocycles. The number of pyridine rings is 1. The summed E-state index contributed by atoms with van der Waals surface area (Å²) in [5.41, 5.74) is 9.67. The zero-order valence-electron chi connectivity index (χ0n) is 11.7. The van der Waals surface area contributed by atoms with Crippen molar-refractivity contribution in [1.29, 1.82) is 0 Å². The van der Waals surface area contributed by atoms with Crippen LogP contribution < -0.4 is 5.73 Å². The number of nitrogens with two attached hydrogens (primary N) is 1. The van der Waals surface area contributed by atoms with Gasteiger partial charge in [-0.1, -0.05) is 18.2 Å². The Hall–Kier alpha value is -2.20. The average Bonchev–Trinajstić information content (AvgIpc) is 2.86. The Labute approximate surface area is 118 Å². The molecule has 0 unspecified atom stereocenters. The normalized spacial score (nSPS) is 11.4. The Morgan fingerprint density at radius 3 is 2.60 bits per heavy atom. The monoisotopic (exact) mass is 266 g/mol. The van der Waals surface area contributed by atoms with Gasteiger partial charge < -0.3 is 10.3 Å². The van der Waals surface area contributed by atoms with E-state index in [1.807, 2.05) is 36.5 Å². The average molecular weight is 266 g/mol. The van der Waals surface area contributed by atoms with Crippen LogP contribution in [0.25, 0.3) is 22.6 Å². The Morgan fingerprint density at radius 1 is 1.15 bits per heavy atom. The van der Waals surface area contributed by atoms with E-state index in [4.69, 9.17) is 10.7 Å². The van der Waals surface area contributed by atoms with Gasteiger partial charge in [-0.3, -0.25) is 4.98 Å². The van der Waals surface area contributed by atoms with E-state index in [1.54, 1.807) is 0 Å². The summed E-state index contributed by atoms with van der Waals surface area (Å²) in [6, 6.07) is 12.5. The van der Waals surface area contributed by atoms with Gasteiger partial charge in [0.1, 0.15) is 5.69 Å². The molecule has 102 valence electrons. The number of para-hydroxylation sites is 2. The predicted octanol–water partition coefficient (Wildman–Crippen LogP) is 3.14. The van der Waals surface area contributed by atoms with E-state index in [9.17, 15) is 0 Å². The van der Waals surface area contributed by atoms with Crippen LogP contribution in [0.15, 0.2) is 42.6 Å². The summed E-state index contributed by atoms with van der Waals surface area (Å²) < 4.78 is 2.22. The van der Waals surface area contributed by atoms with Crippen LogP contribution in [0.5, 0.6) is 0 Å². The zero-order chi connectivity index (χ0) is 14.1. The van der Waals surface area contributed by atoms with Crippen LogP contribution in [0.3, 0.4) is 0 Å². The number of imidazole rings is 1. The Bertz CT molecular complexity index is 726. The summed E-state index contributed by atoms with van der Waals surface area (Å²) in [6.45, 7) is 4.83. The zero-order valence-corrected chi connectivity index (χ0v) is 11.7. The molecule has 2 N–H and O–H groups in total. The maximum absolute atomic E-state index is 5.62. The number of aromatic nitrogens is 3. The van der Waals surface area contributed by atoms with E-state index in [2.05, 4.69) is 29.5 Å². The second kappa shape index (κ2) is 5.06. The lowest BCUT2D eigenvalue weighted by molar-refractivity contribution is 0.623. The van der Waals surface area contributed by atoms with Crippen molar-refractivity contribution in [2.24, 2.45) is 5.73 Å². The molecule has 20 heavy (non-hydrogen) atoms. The first-order valence-corrected chi connectivity index (χ1v) is 6.83. The minimum absolute atomic E-state index is 0.327. The molecule has 0 saturated carbocycles. The van der Waals surface area contributed by atoms with Crippen LogP contribution in [0.4, 0.5) is 0 Å². The highest BCUT2D eigenvalue weighted by Gasteiger charge is 2.15. The molecule has 0 aliphatic heterocycles. The second-order valence-corrected chi connectivity index (χ2v) is 5.14. The summed E-state index contributed by atoms with van der Waals surface area (Å²) in [5.74, 6) is 0.907. The van der Waals surface area contributed by atoms with Crippen molar-refractivity contribution in [3.8, 4) is 11.5 Å². The van der Waals surface area contributed by atoms with Crippen LogP contribution in [0, 0.1) is 0 Å². The fourth-order valence-electron chi connectivity index (χ4n) is 2.43. The number of hydrogen-bond acceptors (Lipinski definition) is 3. The van der Waals surface area contributed by atoms with Crippen molar-refractivity contribution < 1.29 is 0 Å². The van der Waals surface area contributed by atoms with Gasteiger partial charge in [0.05, 0.1) is 11.0 Å². The summed E-state index contributed by atoms with van der Waals surface area (Å²) in [7, 11) is 0. The van der Waals surface area contributed by atoms with E-state index >= 15 is 0 Å². The molecule has 4 nitrogen and oxygen atoms in total. The highest BCUT2D eigenvalue weighted by atomic mass is 15.1. The van der Waals surface area contributed by atoms with Gasteiger partial charge in [-0.25, -0.2) is 4.98 Å². The van der Waals surface area contributed by atoms with E-state index in [1.165, 1.54) is 0 Å². The fourth-order valence-corrected chi connectivity index (χ4v) is 2.43. The molecule has 0 spiro atoms. The molecule has 0 fully saturated rings. The number of nitrogens with zero attached hydrogens (tertiary/aromatic N) is 3. The fraction of sp³-hybridized carbons (Fsp3) is 0.250. The highest BCUT2D eigenvalue weighted by Crippen LogP contribution is 2.27. The maximum Gasteiger partial charge on any atom is 0.160 e. The Balaban J connectivity index is 2.21. The van der Waals surface area contributed by atoms with Crippen molar-refractivity contribution in [3.63, 3.8) is 0 Å². The first kappa shape index (κ1) is 12.8. The van der Waals surface area contributed by atoms with Crippen molar-refractivity contribution in [1.82, 2.24) is 14.5 Å². The third-order valence-electron chi connectivity index (χ3n) is 3.40. The van der Waals surface area contributed by atoms with Crippen LogP contribution in [-0.4, -0.2) is 14.5 Å². The van der Waals surface area contributed by atoms with E-state index in [0.717, 1.165) is 28.1 Å². The van der Waals surface area contributed by atoms with E-state index in [-0.39, 0.29) is 0 Å². The SMILES string of the molecule is CC(C)n1c(-c2ccc(CN)cn2)nc2ccccc21. The molecular formula is C16H18N4. The molecule has 0 amide bonds.